The number of thiol groups is 1. The molecule has 0 aliphatic rings. The molecule has 13 heavy (non-hydrogen) atoms. The van der Waals surface area contributed by atoms with Gasteiger partial charge < -0.3 is 15.7 Å². The Morgan fingerprint density at radius 2 is 2.15 bits per heavy atom. The number of carbonyl (C=O) groups excluding carboxylic acids is 2. The van der Waals surface area contributed by atoms with E-state index in [-0.39, 0.29) is 30.7 Å². The molecule has 0 bridgehead atoms. The summed E-state index contributed by atoms with van der Waals surface area (Å²) in [4.78, 5) is 21.8. The highest BCUT2D eigenvalue weighted by Crippen LogP contribution is 1.88. The highest BCUT2D eigenvalue weighted by atomic mass is 32.1. The zero-order valence-corrected chi connectivity index (χ0v) is 8.30. The third-order valence-corrected chi connectivity index (χ3v) is 1.65. The first-order valence-corrected chi connectivity index (χ1v) is 4.51. The average molecular weight is 206 g/mol. The topological polar surface area (TPSA) is 78.4 Å². The summed E-state index contributed by atoms with van der Waals surface area (Å²) in [5.74, 6) is -0.380. The van der Waals surface area contributed by atoms with Gasteiger partial charge in [0.1, 0.15) is 6.04 Å². The largest absolute Gasteiger partial charge is 0.395 e. The molecule has 5 nitrogen and oxygen atoms in total. The van der Waals surface area contributed by atoms with E-state index in [1.807, 2.05) is 0 Å². The fraction of sp³-hybridized carbons (Fsp3) is 0.714. The molecular weight excluding hydrogens is 192 g/mol. The highest BCUT2D eigenvalue weighted by molar-refractivity contribution is 7.80. The van der Waals surface area contributed by atoms with Crippen LogP contribution in [0.15, 0.2) is 0 Å². The van der Waals surface area contributed by atoms with Crippen molar-refractivity contribution >= 4 is 24.4 Å². The van der Waals surface area contributed by atoms with Gasteiger partial charge in [0.15, 0.2) is 0 Å². The molecule has 0 aliphatic carbocycles. The summed E-state index contributed by atoms with van der Waals surface area (Å²) in [6.07, 6.45) is 0. The summed E-state index contributed by atoms with van der Waals surface area (Å²) in [5.41, 5.74) is 0. The summed E-state index contributed by atoms with van der Waals surface area (Å²) < 4.78 is 0. The molecule has 6 heteroatoms. The van der Waals surface area contributed by atoms with Crippen LogP contribution in [0.25, 0.3) is 0 Å². The van der Waals surface area contributed by atoms with E-state index in [4.69, 9.17) is 5.11 Å². The molecule has 3 N–H and O–H groups in total. The number of hydrogen-bond acceptors (Lipinski definition) is 4. The predicted molar refractivity (Wildman–Crippen MR) is 51.6 cm³/mol. The molecule has 0 radical (unpaired) electrons. The first-order valence-electron chi connectivity index (χ1n) is 3.88. The first kappa shape index (κ1) is 12.2. The van der Waals surface area contributed by atoms with E-state index in [0.717, 1.165) is 0 Å². The number of amides is 2. The second kappa shape index (κ2) is 6.73. The Morgan fingerprint density at radius 3 is 2.54 bits per heavy atom. The fourth-order valence-corrected chi connectivity index (χ4v) is 0.999. The van der Waals surface area contributed by atoms with E-state index in [1.165, 1.54) is 6.92 Å². The third-order valence-electron chi connectivity index (χ3n) is 1.29. The fourth-order valence-electron chi connectivity index (χ4n) is 0.742. The third kappa shape index (κ3) is 5.48. The smallest absolute Gasteiger partial charge is 0.243 e. The van der Waals surface area contributed by atoms with Crippen LogP contribution in [0, 0.1) is 0 Å². The Balaban J connectivity index is 3.92. The normalized spacial score (nSPS) is 11.9. The van der Waals surface area contributed by atoms with Crippen molar-refractivity contribution in [1.82, 2.24) is 10.6 Å². The van der Waals surface area contributed by atoms with Crippen LogP contribution in [-0.2, 0) is 9.59 Å². The van der Waals surface area contributed by atoms with Crippen molar-refractivity contribution in [2.75, 3.05) is 18.9 Å². The molecule has 0 aliphatic heterocycles. The van der Waals surface area contributed by atoms with Crippen LogP contribution in [0.5, 0.6) is 0 Å². The molecule has 0 heterocycles. The summed E-state index contributed by atoms with van der Waals surface area (Å²) in [6, 6.07) is -0.632. The molecule has 1 unspecified atom stereocenters. The quantitative estimate of drug-likeness (QED) is 0.415. The Bertz CT molecular complexity index is 187. The maximum atomic E-state index is 11.2. The van der Waals surface area contributed by atoms with E-state index < -0.39 is 6.04 Å². The van der Waals surface area contributed by atoms with Crippen molar-refractivity contribution in [1.29, 1.82) is 0 Å². The Hall–Kier alpha value is -0.750. The lowest BCUT2D eigenvalue weighted by Gasteiger charge is -2.14. The molecular formula is C7H14N2O3S. The lowest BCUT2D eigenvalue weighted by Crippen LogP contribution is -2.47. The van der Waals surface area contributed by atoms with E-state index in [2.05, 4.69) is 23.3 Å². The number of rotatable bonds is 5. The Kier molecular flexibility index (Phi) is 6.34. The lowest BCUT2D eigenvalue weighted by molar-refractivity contribution is -0.127. The van der Waals surface area contributed by atoms with E-state index in [0.29, 0.717) is 0 Å². The number of nitrogens with one attached hydrogen (secondary N) is 2. The van der Waals surface area contributed by atoms with Gasteiger partial charge in [0.05, 0.1) is 6.61 Å². The van der Waals surface area contributed by atoms with Gasteiger partial charge in [-0.25, -0.2) is 0 Å². The number of hydrogen-bond donors (Lipinski definition) is 4. The Morgan fingerprint density at radius 1 is 1.54 bits per heavy atom. The minimum absolute atomic E-state index is 0.120. The van der Waals surface area contributed by atoms with Crippen LogP contribution in [0.1, 0.15) is 6.92 Å². The van der Waals surface area contributed by atoms with Gasteiger partial charge in [-0.3, -0.25) is 9.59 Å². The maximum absolute atomic E-state index is 11.2. The first-order chi connectivity index (χ1) is 6.11. The summed E-state index contributed by atoms with van der Waals surface area (Å²) in [7, 11) is 0. The van der Waals surface area contributed by atoms with Gasteiger partial charge in [0.25, 0.3) is 0 Å². The van der Waals surface area contributed by atoms with Crippen LogP contribution in [-0.4, -0.2) is 41.9 Å². The van der Waals surface area contributed by atoms with E-state index >= 15 is 0 Å². The van der Waals surface area contributed by atoms with Gasteiger partial charge in [-0.05, 0) is 0 Å². The number of aliphatic hydroxyl groups excluding tert-OH is 1. The Labute approximate surface area is 82.3 Å². The van der Waals surface area contributed by atoms with Crippen molar-refractivity contribution in [3.63, 3.8) is 0 Å². The van der Waals surface area contributed by atoms with Crippen molar-refractivity contribution in [3.8, 4) is 0 Å². The van der Waals surface area contributed by atoms with Crippen LogP contribution in [0.4, 0.5) is 0 Å². The van der Waals surface area contributed by atoms with Gasteiger partial charge in [-0.15, -0.1) is 0 Å². The average Bonchev–Trinajstić information content (AvgIpc) is 2.09. The van der Waals surface area contributed by atoms with Gasteiger partial charge in [0, 0.05) is 19.2 Å². The van der Waals surface area contributed by atoms with Crippen LogP contribution >= 0.6 is 12.6 Å². The molecule has 0 aromatic rings. The number of aliphatic hydroxyl groups is 1. The second-order valence-electron chi connectivity index (χ2n) is 2.45. The molecule has 0 saturated carbocycles. The van der Waals surface area contributed by atoms with E-state index in [9.17, 15) is 9.59 Å². The predicted octanol–water partition coefficient (Wildman–Crippen LogP) is -1.47. The van der Waals surface area contributed by atoms with Gasteiger partial charge >= 0.3 is 0 Å². The molecule has 0 saturated heterocycles. The van der Waals surface area contributed by atoms with Gasteiger partial charge in [0.2, 0.25) is 11.8 Å². The molecule has 0 aromatic heterocycles. The van der Waals surface area contributed by atoms with Crippen molar-refractivity contribution < 1.29 is 14.7 Å². The number of carbonyl (C=O) groups is 2. The standard InChI is InChI=1S/C7H14N2O3S/c1-5(11)9-6(4-13)7(12)8-2-3-10/h6,10,13H,2-4H2,1H3,(H,8,12)(H,9,11). The minimum Gasteiger partial charge on any atom is -0.395 e. The SMILES string of the molecule is CC(=O)NC(CS)C(=O)NCCO. The molecule has 76 valence electrons. The van der Waals surface area contributed by atoms with Crippen LogP contribution in [0.2, 0.25) is 0 Å². The van der Waals surface area contributed by atoms with E-state index in [1.54, 1.807) is 0 Å². The monoisotopic (exact) mass is 206 g/mol. The minimum atomic E-state index is -0.632. The van der Waals surface area contributed by atoms with Crippen molar-refractivity contribution in [2.45, 2.75) is 13.0 Å². The van der Waals surface area contributed by atoms with Crippen LogP contribution < -0.4 is 10.6 Å². The lowest BCUT2D eigenvalue weighted by atomic mass is 10.3. The molecule has 1 atom stereocenters. The summed E-state index contributed by atoms with van der Waals surface area (Å²) in [6.45, 7) is 1.39. The molecule has 2 amide bonds. The van der Waals surface area contributed by atoms with Crippen LogP contribution in [0.3, 0.4) is 0 Å². The van der Waals surface area contributed by atoms with Gasteiger partial charge in [-0.2, -0.15) is 12.6 Å². The molecule has 0 fully saturated rings. The molecule has 0 aromatic carbocycles. The van der Waals surface area contributed by atoms with Gasteiger partial charge in [-0.1, -0.05) is 0 Å². The van der Waals surface area contributed by atoms with Crippen molar-refractivity contribution in [3.05, 3.63) is 0 Å². The summed E-state index contributed by atoms with van der Waals surface area (Å²) >= 11 is 3.91. The summed E-state index contributed by atoms with van der Waals surface area (Å²) in [5, 5.41) is 13.3. The maximum Gasteiger partial charge on any atom is 0.243 e. The molecule has 0 spiro atoms. The second-order valence-corrected chi connectivity index (χ2v) is 2.82. The molecule has 0 rings (SSSR count). The zero-order chi connectivity index (χ0) is 10.3. The van der Waals surface area contributed by atoms with Crippen molar-refractivity contribution in [2.24, 2.45) is 0 Å². The zero-order valence-electron chi connectivity index (χ0n) is 7.41. The highest BCUT2D eigenvalue weighted by Gasteiger charge is 2.16.